The number of carbonyl (C=O) groups excluding carboxylic acids is 2. The van der Waals surface area contributed by atoms with Crippen molar-refractivity contribution in [2.24, 2.45) is 5.73 Å². The molecule has 0 saturated carbocycles. The van der Waals surface area contributed by atoms with Gasteiger partial charge in [-0.2, -0.15) is 0 Å². The second kappa shape index (κ2) is 6.82. The number of hydrogen-bond donors (Lipinski definition) is 1. The fourth-order valence-electron chi connectivity index (χ4n) is 2.03. The minimum Gasteiger partial charge on any atom is -0.484 e. The molecule has 0 saturated heterocycles. The van der Waals surface area contributed by atoms with E-state index in [2.05, 4.69) is 4.98 Å². The van der Waals surface area contributed by atoms with E-state index < -0.39 is 11.9 Å². The zero-order chi connectivity index (χ0) is 16.9. The van der Waals surface area contributed by atoms with Crippen LogP contribution in [0.3, 0.4) is 0 Å². The van der Waals surface area contributed by atoms with Gasteiger partial charge in [0, 0.05) is 0 Å². The van der Waals surface area contributed by atoms with E-state index in [1.54, 1.807) is 18.2 Å². The van der Waals surface area contributed by atoms with Crippen molar-refractivity contribution in [3.8, 4) is 5.75 Å². The van der Waals surface area contributed by atoms with Crippen molar-refractivity contribution in [2.75, 3.05) is 6.61 Å². The number of esters is 1. The van der Waals surface area contributed by atoms with E-state index in [4.69, 9.17) is 19.6 Å². The van der Waals surface area contributed by atoms with Crippen LogP contribution in [0.1, 0.15) is 16.2 Å². The van der Waals surface area contributed by atoms with Gasteiger partial charge in [-0.25, -0.2) is 9.78 Å². The molecule has 122 valence electrons. The predicted octanol–water partition coefficient (Wildman–Crippen LogP) is 2.05. The van der Waals surface area contributed by atoms with Crippen molar-refractivity contribution < 1.29 is 23.5 Å². The van der Waals surface area contributed by atoms with Crippen LogP contribution in [-0.2, 0) is 16.1 Å². The molecule has 0 aliphatic carbocycles. The monoisotopic (exact) mass is 326 g/mol. The maximum Gasteiger partial charge on any atom is 0.338 e. The average molecular weight is 326 g/mol. The Bertz CT molecular complexity index is 837. The van der Waals surface area contributed by atoms with E-state index in [1.165, 1.54) is 12.1 Å². The highest BCUT2D eigenvalue weighted by atomic mass is 16.5. The van der Waals surface area contributed by atoms with Crippen molar-refractivity contribution in [3.05, 3.63) is 60.0 Å². The molecule has 1 amide bonds. The molecule has 7 nitrogen and oxygen atoms in total. The fourth-order valence-corrected chi connectivity index (χ4v) is 2.03. The van der Waals surface area contributed by atoms with Crippen molar-refractivity contribution in [1.82, 2.24) is 4.98 Å². The number of para-hydroxylation sites is 2. The molecule has 0 unspecified atom stereocenters. The molecular weight excluding hydrogens is 312 g/mol. The first-order valence-electron chi connectivity index (χ1n) is 7.14. The second-order valence-corrected chi connectivity index (χ2v) is 4.93. The number of rotatable bonds is 6. The SMILES string of the molecule is NC(=O)COc1ccc(C(=O)OCc2nc3ccccc3o2)cc1. The highest BCUT2D eigenvalue weighted by molar-refractivity contribution is 5.89. The number of nitrogens with zero attached hydrogens (tertiary/aromatic N) is 1. The lowest BCUT2D eigenvalue weighted by molar-refractivity contribution is -0.119. The first-order valence-corrected chi connectivity index (χ1v) is 7.14. The molecule has 1 heterocycles. The van der Waals surface area contributed by atoms with Crippen molar-refractivity contribution >= 4 is 23.0 Å². The van der Waals surface area contributed by atoms with Crippen LogP contribution in [0.25, 0.3) is 11.1 Å². The van der Waals surface area contributed by atoms with Gasteiger partial charge in [0.1, 0.15) is 11.3 Å². The molecule has 3 aromatic rings. The highest BCUT2D eigenvalue weighted by Crippen LogP contribution is 2.16. The maximum absolute atomic E-state index is 12.0. The van der Waals surface area contributed by atoms with E-state index >= 15 is 0 Å². The second-order valence-electron chi connectivity index (χ2n) is 4.93. The molecule has 0 spiro atoms. The lowest BCUT2D eigenvalue weighted by atomic mass is 10.2. The summed E-state index contributed by atoms with van der Waals surface area (Å²) in [4.78, 5) is 26.9. The number of oxazole rings is 1. The van der Waals surface area contributed by atoms with Gasteiger partial charge in [-0.05, 0) is 36.4 Å². The zero-order valence-electron chi connectivity index (χ0n) is 12.6. The number of aromatic nitrogens is 1. The molecule has 2 N–H and O–H groups in total. The molecule has 3 rings (SSSR count). The molecule has 24 heavy (non-hydrogen) atoms. The molecule has 2 aromatic carbocycles. The van der Waals surface area contributed by atoms with Crippen LogP contribution in [0.4, 0.5) is 0 Å². The molecule has 0 bridgehead atoms. The lowest BCUT2D eigenvalue weighted by Crippen LogP contribution is -2.20. The Morgan fingerprint density at radius 3 is 2.54 bits per heavy atom. The number of ether oxygens (including phenoxy) is 2. The molecule has 7 heteroatoms. The van der Waals surface area contributed by atoms with Gasteiger partial charge in [-0.1, -0.05) is 12.1 Å². The first-order chi connectivity index (χ1) is 11.6. The Kier molecular flexibility index (Phi) is 4.42. The summed E-state index contributed by atoms with van der Waals surface area (Å²) in [6.45, 7) is -0.283. The Labute approximate surface area is 137 Å². The van der Waals surface area contributed by atoms with Crippen LogP contribution in [0.15, 0.2) is 52.9 Å². The highest BCUT2D eigenvalue weighted by Gasteiger charge is 2.11. The predicted molar refractivity (Wildman–Crippen MR) is 84.3 cm³/mol. The summed E-state index contributed by atoms with van der Waals surface area (Å²) in [6.07, 6.45) is 0. The largest absolute Gasteiger partial charge is 0.484 e. The fraction of sp³-hybridized carbons (Fsp3) is 0.118. The van der Waals surface area contributed by atoms with Gasteiger partial charge in [0.15, 0.2) is 18.8 Å². The third-order valence-electron chi connectivity index (χ3n) is 3.14. The van der Waals surface area contributed by atoms with Crippen LogP contribution in [-0.4, -0.2) is 23.5 Å². The van der Waals surface area contributed by atoms with Gasteiger partial charge in [-0.15, -0.1) is 0 Å². The molecular formula is C17H14N2O5. The Balaban J connectivity index is 1.59. The number of nitrogens with two attached hydrogens (primary N) is 1. The van der Waals surface area contributed by atoms with Crippen LogP contribution in [0.5, 0.6) is 5.75 Å². The maximum atomic E-state index is 12.0. The number of fused-ring (bicyclic) bond motifs is 1. The van der Waals surface area contributed by atoms with Gasteiger partial charge in [0.05, 0.1) is 5.56 Å². The van der Waals surface area contributed by atoms with Gasteiger partial charge in [-0.3, -0.25) is 4.79 Å². The van der Waals surface area contributed by atoms with E-state index in [1.807, 2.05) is 18.2 Å². The molecule has 0 atom stereocenters. The van der Waals surface area contributed by atoms with E-state index in [0.717, 1.165) is 0 Å². The molecule has 1 aromatic heterocycles. The average Bonchev–Trinajstić information content (AvgIpc) is 3.01. The summed E-state index contributed by atoms with van der Waals surface area (Å²) in [7, 11) is 0. The summed E-state index contributed by atoms with van der Waals surface area (Å²) in [5, 5.41) is 0. The lowest BCUT2D eigenvalue weighted by Gasteiger charge is -2.05. The summed E-state index contributed by atoms with van der Waals surface area (Å²) >= 11 is 0. The molecule has 0 aliphatic heterocycles. The number of amides is 1. The Morgan fingerprint density at radius 1 is 1.08 bits per heavy atom. The van der Waals surface area contributed by atoms with Gasteiger partial charge < -0.3 is 19.6 Å². The van der Waals surface area contributed by atoms with Crippen LogP contribution >= 0.6 is 0 Å². The minimum absolute atomic E-state index is 0.0621. The van der Waals surface area contributed by atoms with E-state index in [0.29, 0.717) is 28.3 Å². The van der Waals surface area contributed by atoms with Crippen LogP contribution in [0, 0.1) is 0 Å². The van der Waals surface area contributed by atoms with Crippen molar-refractivity contribution in [1.29, 1.82) is 0 Å². The summed E-state index contributed by atoms with van der Waals surface area (Å²) < 4.78 is 15.8. The van der Waals surface area contributed by atoms with Gasteiger partial charge >= 0.3 is 5.97 Å². The quantitative estimate of drug-likeness (QED) is 0.695. The van der Waals surface area contributed by atoms with Crippen molar-refractivity contribution in [2.45, 2.75) is 6.61 Å². The first kappa shape index (κ1) is 15.5. The molecule has 0 aliphatic rings. The third-order valence-corrected chi connectivity index (χ3v) is 3.14. The summed E-state index contributed by atoms with van der Waals surface area (Å²) in [6, 6.07) is 13.5. The minimum atomic E-state index is -0.572. The number of benzene rings is 2. The van der Waals surface area contributed by atoms with Gasteiger partial charge in [0.25, 0.3) is 5.91 Å². The number of carbonyl (C=O) groups is 2. The van der Waals surface area contributed by atoms with E-state index in [-0.39, 0.29) is 13.2 Å². The Morgan fingerprint density at radius 2 is 1.83 bits per heavy atom. The molecule has 0 radical (unpaired) electrons. The molecule has 0 fully saturated rings. The number of hydrogen-bond acceptors (Lipinski definition) is 6. The summed E-state index contributed by atoms with van der Waals surface area (Å²) in [5.74, 6) is -0.328. The number of primary amides is 1. The zero-order valence-corrected chi connectivity index (χ0v) is 12.6. The van der Waals surface area contributed by atoms with E-state index in [9.17, 15) is 9.59 Å². The summed E-state index contributed by atoms with van der Waals surface area (Å²) in [5.41, 5.74) is 6.68. The van der Waals surface area contributed by atoms with Crippen LogP contribution < -0.4 is 10.5 Å². The normalized spacial score (nSPS) is 10.5. The Hall–Kier alpha value is -3.35. The van der Waals surface area contributed by atoms with Crippen molar-refractivity contribution in [3.63, 3.8) is 0 Å². The topological polar surface area (TPSA) is 105 Å². The van der Waals surface area contributed by atoms with Gasteiger partial charge in [0.2, 0.25) is 5.89 Å². The third kappa shape index (κ3) is 3.70. The van der Waals surface area contributed by atoms with Crippen LogP contribution in [0.2, 0.25) is 0 Å². The standard InChI is InChI=1S/C17H14N2O5/c18-15(20)9-22-12-7-5-11(6-8-12)17(21)23-10-16-19-13-3-1-2-4-14(13)24-16/h1-8H,9-10H2,(H2,18,20). The smallest absolute Gasteiger partial charge is 0.338 e.